The first-order valence-corrected chi connectivity index (χ1v) is 13.9. The molecule has 0 saturated carbocycles. The number of carbonyl (C=O) groups is 1. The number of Topliss-reactive ketones (excluding diaryl/α,β-unsaturated/α-hetero) is 1. The number of hydrogen-bond donors (Lipinski definition) is 0. The Kier molecular flexibility index (Phi) is 11.4. The van der Waals surface area contributed by atoms with Crippen LogP contribution >= 0.6 is 11.1 Å². The average Bonchev–Trinajstić information content (AvgIpc) is 2.54. The maximum absolute atomic E-state index is 11.9. The van der Waals surface area contributed by atoms with Gasteiger partial charge in [-0.3, -0.25) is 4.79 Å². The van der Waals surface area contributed by atoms with Crippen molar-refractivity contribution < 1.29 is 4.79 Å². The molecule has 1 aromatic carbocycles. The molecule has 0 radical (unpaired) electrons. The van der Waals surface area contributed by atoms with E-state index in [-0.39, 0.29) is 0 Å². The zero-order chi connectivity index (χ0) is 17.7. The molecule has 0 unspecified atom stereocenters. The fraction of sp³-hybridized carbons (Fsp3) is 0.667. The molecule has 0 bridgehead atoms. The molecule has 0 spiro atoms. The molecule has 0 N–H and O–H groups in total. The molecule has 0 heterocycles. The van der Waals surface area contributed by atoms with Crippen molar-refractivity contribution in [1.82, 2.24) is 0 Å². The zero-order valence-electron chi connectivity index (χ0n) is 15.7. The fourth-order valence-electron chi connectivity index (χ4n) is 2.98. The smallest absolute Gasteiger partial charge is 0.150 e. The van der Waals surface area contributed by atoms with E-state index in [9.17, 15) is 4.79 Å². The van der Waals surface area contributed by atoms with Crippen molar-refractivity contribution in [3.8, 4) is 0 Å². The number of aryl methyl sites for hydroxylation is 1. The van der Waals surface area contributed by atoms with Crippen LogP contribution in [-0.2, 0) is 11.2 Å². The number of unbranched alkanes of at least 4 members (excludes halogenated alkanes) is 7. The van der Waals surface area contributed by atoms with E-state index in [0.717, 1.165) is 19.3 Å². The van der Waals surface area contributed by atoms with E-state index in [2.05, 4.69) is 25.2 Å². The van der Waals surface area contributed by atoms with Crippen LogP contribution in [0.3, 0.4) is 0 Å². The monoisotopic (exact) mass is 366 g/mol. The van der Waals surface area contributed by atoms with Crippen molar-refractivity contribution in [3.05, 3.63) is 35.9 Å². The van der Waals surface area contributed by atoms with Crippen molar-refractivity contribution >= 4 is 24.2 Å². The van der Waals surface area contributed by atoms with Gasteiger partial charge in [-0.15, -0.1) is 0 Å². The van der Waals surface area contributed by atoms with Crippen LogP contribution < -0.4 is 0 Å². The molecule has 1 aromatic rings. The van der Waals surface area contributed by atoms with E-state index in [4.69, 9.17) is 11.1 Å². The van der Waals surface area contributed by atoms with E-state index < -0.39 is 7.38 Å². The minimum Gasteiger partial charge on any atom is -0.300 e. The van der Waals surface area contributed by atoms with Gasteiger partial charge in [-0.1, -0.05) is 88.4 Å². The van der Waals surface area contributed by atoms with Crippen molar-refractivity contribution in [2.45, 2.75) is 89.8 Å². The molecule has 0 aliphatic carbocycles. The predicted molar refractivity (Wildman–Crippen MR) is 109 cm³/mol. The molecule has 1 nitrogen and oxygen atoms in total. The van der Waals surface area contributed by atoms with E-state index in [0.29, 0.717) is 12.2 Å². The summed E-state index contributed by atoms with van der Waals surface area (Å²) in [6.45, 7) is 4.46. The second kappa shape index (κ2) is 12.7. The highest BCUT2D eigenvalue weighted by atomic mass is 35.6. The molecule has 3 heteroatoms. The van der Waals surface area contributed by atoms with E-state index in [1.54, 1.807) is 0 Å². The first-order valence-electron chi connectivity index (χ1n) is 9.72. The molecule has 0 aromatic heterocycles. The largest absolute Gasteiger partial charge is 0.300 e. The quantitative estimate of drug-likeness (QED) is 0.194. The Labute approximate surface area is 154 Å². The maximum atomic E-state index is 11.9. The van der Waals surface area contributed by atoms with Crippen LogP contribution in [-0.4, -0.2) is 13.2 Å². The van der Waals surface area contributed by atoms with Crippen LogP contribution in [0.25, 0.3) is 0 Å². The highest BCUT2D eigenvalue weighted by Gasteiger charge is 2.15. The first kappa shape index (κ1) is 21.4. The summed E-state index contributed by atoms with van der Waals surface area (Å²) >= 11 is 6.32. The molecule has 0 aliphatic heterocycles. The lowest BCUT2D eigenvalue weighted by Gasteiger charge is -2.11. The maximum Gasteiger partial charge on any atom is 0.150 e. The number of rotatable bonds is 14. The van der Waals surface area contributed by atoms with Crippen LogP contribution in [0, 0.1) is 0 Å². The summed E-state index contributed by atoms with van der Waals surface area (Å²) in [5.74, 6) is 0.423. The SMILES string of the molecule is C[Si](C)(Cl)CCCCCCCCCCC(=O)CCc1ccccc1. The Hall–Kier alpha value is -0.603. The molecule has 136 valence electrons. The number of hydrogen-bond acceptors (Lipinski definition) is 1. The normalized spacial score (nSPS) is 11.6. The lowest BCUT2D eigenvalue weighted by molar-refractivity contribution is -0.119. The van der Waals surface area contributed by atoms with Gasteiger partial charge in [0.1, 0.15) is 13.2 Å². The Morgan fingerprint density at radius 2 is 1.38 bits per heavy atom. The van der Waals surface area contributed by atoms with Gasteiger partial charge in [-0.05, 0) is 24.4 Å². The van der Waals surface area contributed by atoms with Gasteiger partial charge >= 0.3 is 0 Å². The molecular formula is C21H35ClOSi. The van der Waals surface area contributed by atoms with Crippen LogP contribution in [0.5, 0.6) is 0 Å². The van der Waals surface area contributed by atoms with E-state index >= 15 is 0 Å². The van der Waals surface area contributed by atoms with Gasteiger partial charge in [0, 0.05) is 12.8 Å². The molecular weight excluding hydrogens is 332 g/mol. The fourth-order valence-corrected chi connectivity index (χ4v) is 4.47. The van der Waals surface area contributed by atoms with Gasteiger partial charge in [-0.2, -0.15) is 11.1 Å². The second-order valence-corrected chi connectivity index (χ2v) is 14.6. The lowest BCUT2D eigenvalue weighted by atomic mass is 10.0. The third-order valence-electron chi connectivity index (χ3n) is 4.51. The molecule has 0 amide bonds. The number of benzene rings is 1. The van der Waals surface area contributed by atoms with Crippen molar-refractivity contribution in [3.63, 3.8) is 0 Å². The van der Waals surface area contributed by atoms with E-state index in [1.165, 1.54) is 56.6 Å². The third-order valence-corrected chi connectivity index (χ3v) is 6.62. The molecule has 1 rings (SSSR count). The molecule has 0 atom stereocenters. The summed E-state index contributed by atoms with van der Waals surface area (Å²) in [6.07, 6.45) is 12.6. The molecule has 24 heavy (non-hydrogen) atoms. The number of halogens is 1. The topological polar surface area (TPSA) is 17.1 Å². The lowest BCUT2D eigenvalue weighted by Crippen LogP contribution is -2.14. The molecule has 0 fully saturated rings. The Bertz CT molecular complexity index is 439. The zero-order valence-corrected chi connectivity index (χ0v) is 17.4. The Morgan fingerprint density at radius 3 is 1.96 bits per heavy atom. The predicted octanol–water partition coefficient (Wildman–Crippen LogP) is 7.14. The first-order chi connectivity index (χ1) is 11.5. The summed E-state index contributed by atoms with van der Waals surface area (Å²) in [5.41, 5.74) is 1.27. The number of ketones is 1. The summed E-state index contributed by atoms with van der Waals surface area (Å²) in [5, 5.41) is 0. The van der Waals surface area contributed by atoms with Crippen LogP contribution in [0.1, 0.15) is 69.8 Å². The van der Waals surface area contributed by atoms with Crippen LogP contribution in [0.15, 0.2) is 30.3 Å². The second-order valence-electron chi connectivity index (χ2n) is 7.57. The Morgan fingerprint density at radius 1 is 0.833 bits per heavy atom. The number of carbonyl (C=O) groups excluding carboxylic acids is 1. The van der Waals surface area contributed by atoms with Crippen LogP contribution in [0.2, 0.25) is 19.1 Å². The van der Waals surface area contributed by atoms with Gasteiger partial charge in [0.2, 0.25) is 0 Å². The highest BCUT2D eigenvalue weighted by molar-refractivity contribution is 7.19. The van der Waals surface area contributed by atoms with Gasteiger partial charge in [0.15, 0.2) is 0 Å². The van der Waals surface area contributed by atoms with Gasteiger partial charge in [0.05, 0.1) is 0 Å². The van der Waals surface area contributed by atoms with Crippen LogP contribution in [0.4, 0.5) is 0 Å². The summed E-state index contributed by atoms with van der Waals surface area (Å²) < 4.78 is 0. The summed E-state index contributed by atoms with van der Waals surface area (Å²) in [4.78, 5) is 11.9. The highest BCUT2D eigenvalue weighted by Crippen LogP contribution is 2.19. The van der Waals surface area contributed by atoms with Crippen molar-refractivity contribution in [2.75, 3.05) is 0 Å². The van der Waals surface area contributed by atoms with Gasteiger partial charge in [0.25, 0.3) is 0 Å². The summed E-state index contributed by atoms with van der Waals surface area (Å²) in [7, 11) is -1.34. The Balaban J connectivity index is 1.87. The average molecular weight is 367 g/mol. The van der Waals surface area contributed by atoms with Crippen molar-refractivity contribution in [2.24, 2.45) is 0 Å². The molecule has 0 saturated heterocycles. The third kappa shape index (κ3) is 12.8. The van der Waals surface area contributed by atoms with Crippen molar-refractivity contribution in [1.29, 1.82) is 0 Å². The van der Waals surface area contributed by atoms with E-state index in [1.807, 2.05) is 18.2 Å². The standard InChI is InChI=1S/C21H35ClOSi/c1-24(2,22)19-13-8-6-4-3-5-7-12-16-21(23)18-17-20-14-10-9-11-15-20/h9-11,14-15H,3-8,12-13,16-19H2,1-2H3. The minimum atomic E-state index is -1.34. The summed E-state index contributed by atoms with van der Waals surface area (Å²) in [6, 6.07) is 11.6. The minimum absolute atomic E-state index is 0.423. The van der Waals surface area contributed by atoms with Gasteiger partial charge < -0.3 is 0 Å². The van der Waals surface area contributed by atoms with Gasteiger partial charge in [-0.25, -0.2) is 0 Å². The molecule has 0 aliphatic rings.